The second kappa shape index (κ2) is 2.79. The van der Waals surface area contributed by atoms with Gasteiger partial charge in [-0.15, -0.1) is 12.3 Å². The largest absolute Gasteiger partial charge is 0.272 e. The first-order valence-electron chi connectivity index (χ1n) is 3.59. The smallest absolute Gasteiger partial charge is 0.0638 e. The molecule has 58 valence electrons. The zero-order chi connectivity index (χ0) is 8.43. The second-order valence-electron chi connectivity index (χ2n) is 2.65. The molecule has 2 nitrogen and oxygen atoms in total. The lowest BCUT2D eigenvalue weighted by Crippen LogP contribution is -1.93. The van der Waals surface area contributed by atoms with Crippen molar-refractivity contribution in [1.82, 2.24) is 9.78 Å². The summed E-state index contributed by atoms with van der Waals surface area (Å²) in [7, 11) is 1.93. The van der Waals surface area contributed by atoms with Crippen LogP contribution in [0.1, 0.15) is 17.0 Å². The van der Waals surface area contributed by atoms with Crippen LogP contribution in [0, 0.1) is 26.2 Å². The van der Waals surface area contributed by atoms with Crippen LogP contribution in [0.15, 0.2) is 0 Å². The van der Waals surface area contributed by atoms with Crippen molar-refractivity contribution in [3.05, 3.63) is 17.0 Å². The van der Waals surface area contributed by atoms with Crippen molar-refractivity contribution in [2.75, 3.05) is 0 Å². The number of aryl methyl sites for hydroxylation is 2. The number of hydrogen-bond acceptors (Lipinski definition) is 1. The third-order valence-corrected chi connectivity index (χ3v) is 1.94. The van der Waals surface area contributed by atoms with Gasteiger partial charge in [0.2, 0.25) is 0 Å². The molecule has 0 atom stereocenters. The van der Waals surface area contributed by atoms with Crippen molar-refractivity contribution < 1.29 is 0 Å². The molecule has 1 aromatic heterocycles. The standard InChI is InChI=1S/C9H12N2/c1-5-6-9-7(2)10-11(4)8(9)3/h1H,6H2,2-4H3. The van der Waals surface area contributed by atoms with Gasteiger partial charge in [0.25, 0.3) is 0 Å². The summed E-state index contributed by atoms with van der Waals surface area (Å²) in [4.78, 5) is 0. The Morgan fingerprint density at radius 2 is 2.18 bits per heavy atom. The first-order chi connectivity index (χ1) is 5.16. The molecular formula is C9H12N2. The minimum absolute atomic E-state index is 0.686. The maximum Gasteiger partial charge on any atom is 0.0638 e. The molecule has 11 heavy (non-hydrogen) atoms. The van der Waals surface area contributed by atoms with Gasteiger partial charge in [-0.3, -0.25) is 4.68 Å². The molecule has 0 saturated heterocycles. The molecular weight excluding hydrogens is 136 g/mol. The number of terminal acetylenes is 1. The van der Waals surface area contributed by atoms with E-state index in [0.717, 1.165) is 5.69 Å². The zero-order valence-electron chi connectivity index (χ0n) is 7.18. The van der Waals surface area contributed by atoms with Crippen LogP contribution < -0.4 is 0 Å². The van der Waals surface area contributed by atoms with Gasteiger partial charge >= 0.3 is 0 Å². The molecule has 0 aliphatic carbocycles. The van der Waals surface area contributed by atoms with E-state index in [-0.39, 0.29) is 0 Å². The molecule has 1 heterocycles. The normalized spacial score (nSPS) is 9.64. The van der Waals surface area contributed by atoms with Gasteiger partial charge in [-0.2, -0.15) is 5.10 Å². The van der Waals surface area contributed by atoms with Crippen LogP contribution in [-0.2, 0) is 13.5 Å². The highest BCUT2D eigenvalue weighted by Crippen LogP contribution is 2.11. The third-order valence-electron chi connectivity index (χ3n) is 1.94. The van der Waals surface area contributed by atoms with Crippen LogP contribution in [0.2, 0.25) is 0 Å². The highest BCUT2D eigenvalue weighted by molar-refractivity contribution is 5.27. The van der Waals surface area contributed by atoms with E-state index in [0.29, 0.717) is 6.42 Å². The average Bonchev–Trinajstić information content (AvgIpc) is 2.17. The summed E-state index contributed by atoms with van der Waals surface area (Å²) >= 11 is 0. The van der Waals surface area contributed by atoms with E-state index in [4.69, 9.17) is 6.42 Å². The maximum absolute atomic E-state index is 5.22. The Morgan fingerprint density at radius 3 is 2.55 bits per heavy atom. The summed E-state index contributed by atoms with van der Waals surface area (Å²) in [6, 6.07) is 0. The summed E-state index contributed by atoms with van der Waals surface area (Å²) in [5.74, 6) is 2.63. The lowest BCUT2D eigenvalue weighted by Gasteiger charge is -1.94. The highest BCUT2D eigenvalue weighted by Gasteiger charge is 2.06. The molecule has 0 amide bonds. The van der Waals surface area contributed by atoms with Crippen LogP contribution >= 0.6 is 0 Å². The summed E-state index contributed by atoms with van der Waals surface area (Å²) in [6.45, 7) is 4.02. The lowest BCUT2D eigenvalue weighted by molar-refractivity contribution is 0.730. The van der Waals surface area contributed by atoms with Crippen molar-refractivity contribution in [1.29, 1.82) is 0 Å². The predicted octanol–water partition coefficient (Wildman–Crippen LogP) is 1.21. The van der Waals surface area contributed by atoms with E-state index in [1.165, 1.54) is 11.3 Å². The highest BCUT2D eigenvalue weighted by atomic mass is 15.3. The molecule has 0 unspecified atom stereocenters. The fourth-order valence-electron chi connectivity index (χ4n) is 1.18. The quantitative estimate of drug-likeness (QED) is 0.547. The van der Waals surface area contributed by atoms with Crippen LogP contribution in [0.25, 0.3) is 0 Å². The monoisotopic (exact) mass is 148 g/mol. The predicted molar refractivity (Wildman–Crippen MR) is 45.2 cm³/mol. The van der Waals surface area contributed by atoms with Gasteiger partial charge in [0, 0.05) is 24.7 Å². The summed E-state index contributed by atoms with van der Waals surface area (Å²) < 4.78 is 1.86. The van der Waals surface area contributed by atoms with Gasteiger partial charge in [-0.25, -0.2) is 0 Å². The van der Waals surface area contributed by atoms with Crippen LogP contribution in [0.3, 0.4) is 0 Å². The maximum atomic E-state index is 5.22. The zero-order valence-corrected chi connectivity index (χ0v) is 7.18. The average molecular weight is 148 g/mol. The lowest BCUT2D eigenvalue weighted by atomic mass is 10.1. The number of aromatic nitrogens is 2. The van der Waals surface area contributed by atoms with Crippen LogP contribution in [-0.4, -0.2) is 9.78 Å². The SMILES string of the molecule is C#CCc1c(C)nn(C)c1C. The summed E-state index contributed by atoms with van der Waals surface area (Å²) in [5.41, 5.74) is 3.40. The molecule has 0 radical (unpaired) electrons. The molecule has 0 aromatic carbocycles. The van der Waals surface area contributed by atoms with Gasteiger partial charge in [0.1, 0.15) is 0 Å². The Morgan fingerprint density at radius 1 is 1.55 bits per heavy atom. The Balaban J connectivity index is 3.14. The van der Waals surface area contributed by atoms with Crippen LogP contribution in [0.4, 0.5) is 0 Å². The first-order valence-corrected chi connectivity index (χ1v) is 3.59. The van der Waals surface area contributed by atoms with E-state index < -0.39 is 0 Å². The van der Waals surface area contributed by atoms with E-state index in [1.807, 2.05) is 25.6 Å². The second-order valence-corrected chi connectivity index (χ2v) is 2.65. The van der Waals surface area contributed by atoms with Gasteiger partial charge < -0.3 is 0 Å². The van der Waals surface area contributed by atoms with Crippen LogP contribution in [0.5, 0.6) is 0 Å². The fourth-order valence-corrected chi connectivity index (χ4v) is 1.18. The van der Waals surface area contributed by atoms with Crippen molar-refractivity contribution >= 4 is 0 Å². The topological polar surface area (TPSA) is 17.8 Å². The van der Waals surface area contributed by atoms with Crippen molar-refractivity contribution in [2.45, 2.75) is 20.3 Å². The van der Waals surface area contributed by atoms with Crippen molar-refractivity contribution in [3.63, 3.8) is 0 Å². The van der Waals surface area contributed by atoms with Crippen molar-refractivity contribution in [2.24, 2.45) is 7.05 Å². The van der Waals surface area contributed by atoms with Crippen molar-refractivity contribution in [3.8, 4) is 12.3 Å². The van der Waals surface area contributed by atoms with Gasteiger partial charge in [-0.1, -0.05) is 0 Å². The van der Waals surface area contributed by atoms with E-state index in [1.54, 1.807) is 0 Å². The molecule has 2 heteroatoms. The number of hydrogen-bond donors (Lipinski definition) is 0. The summed E-state index contributed by atoms with van der Waals surface area (Å²) in [5, 5.41) is 4.25. The fraction of sp³-hybridized carbons (Fsp3) is 0.444. The number of rotatable bonds is 1. The van der Waals surface area contributed by atoms with E-state index in [2.05, 4.69) is 11.0 Å². The van der Waals surface area contributed by atoms with E-state index >= 15 is 0 Å². The Bertz CT molecular complexity index is 302. The first kappa shape index (κ1) is 7.87. The Kier molecular flexibility index (Phi) is 2.00. The number of nitrogens with zero attached hydrogens (tertiary/aromatic N) is 2. The van der Waals surface area contributed by atoms with Gasteiger partial charge in [0.05, 0.1) is 5.69 Å². The molecule has 0 aliphatic rings. The Hall–Kier alpha value is -1.23. The molecule has 0 N–H and O–H groups in total. The molecule has 0 bridgehead atoms. The van der Waals surface area contributed by atoms with Gasteiger partial charge in [0.15, 0.2) is 0 Å². The molecule has 0 saturated carbocycles. The van der Waals surface area contributed by atoms with E-state index in [9.17, 15) is 0 Å². The molecule has 0 spiro atoms. The summed E-state index contributed by atoms with van der Waals surface area (Å²) in [6.07, 6.45) is 5.91. The molecule has 0 fully saturated rings. The molecule has 0 aliphatic heterocycles. The third kappa shape index (κ3) is 1.27. The molecule has 1 aromatic rings. The minimum atomic E-state index is 0.686. The van der Waals surface area contributed by atoms with Gasteiger partial charge in [-0.05, 0) is 13.8 Å². The minimum Gasteiger partial charge on any atom is -0.272 e. The Labute approximate surface area is 67.2 Å². The molecule has 1 rings (SSSR count).